The lowest BCUT2D eigenvalue weighted by Gasteiger charge is -2.35. The molecule has 6 heteroatoms. The van der Waals surface area contributed by atoms with Gasteiger partial charge in [-0.25, -0.2) is 8.42 Å². The summed E-state index contributed by atoms with van der Waals surface area (Å²) in [5.74, 6) is 0.0716. The van der Waals surface area contributed by atoms with Crippen LogP contribution in [0.15, 0.2) is 78.9 Å². The Morgan fingerprint density at radius 3 is 2.21 bits per heavy atom. The van der Waals surface area contributed by atoms with Gasteiger partial charge in [0.05, 0.1) is 19.3 Å². The predicted octanol–water partition coefficient (Wildman–Crippen LogP) is 3.97. The van der Waals surface area contributed by atoms with E-state index in [2.05, 4.69) is 0 Å². The van der Waals surface area contributed by atoms with Gasteiger partial charge in [0.2, 0.25) is 10.0 Å². The first-order valence-electron chi connectivity index (χ1n) is 8.85. The molecular weight excluding hydrogens is 374 g/mol. The molecule has 3 aromatic carbocycles. The number of Topliss-reactive ketones (excluding diaryl/α,β-unsaturated/α-hetero) is 1. The van der Waals surface area contributed by atoms with Crippen LogP contribution in [0.5, 0.6) is 5.75 Å². The number of benzene rings is 3. The molecule has 28 heavy (non-hydrogen) atoms. The number of hydrogen-bond acceptors (Lipinski definition) is 4. The van der Waals surface area contributed by atoms with E-state index in [0.717, 1.165) is 5.56 Å². The number of hydrogen-bond donors (Lipinski definition) is 0. The lowest BCUT2D eigenvalue weighted by atomic mass is 10.00. The maximum Gasteiger partial charge on any atom is 0.250 e. The lowest BCUT2D eigenvalue weighted by Crippen LogP contribution is -2.42. The molecule has 0 N–H and O–H groups in total. The standard InChI is InChI=1S/C22H19NO4S/c1-27-18-12-13-20-19(14-18)21(24)22(17-10-6-3-7-11-17)28(25,26)23(20)15-16-8-4-2-5-9-16/h2-14,22H,15H2,1H3. The maximum absolute atomic E-state index is 13.5. The molecule has 142 valence electrons. The van der Waals surface area contributed by atoms with Crippen molar-refractivity contribution in [2.24, 2.45) is 0 Å². The van der Waals surface area contributed by atoms with E-state index in [-0.39, 0.29) is 6.54 Å². The minimum absolute atomic E-state index is 0.152. The van der Waals surface area contributed by atoms with Crippen LogP contribution in [0.2, 0.25) is 0 Å². The van der Waals surface area contributed by atoms with E-state index < -0.39 is 21.1 Å². The van der Waals surface area contributed by atoms with Crippen LogP contribution >= 0.6 is 0 Å². The normalized spacial score (nSPS) is 17.8. The molecule has 0 aromatic heterocycles. The number of nitrogens with zero attached hydrogens (tertiary/aromatic N) is 1. The van der Waals surface area contributed by atoms with Crippen LogP contribution in [0, 0.1) is 0 Å². The fourth-order valence-electron chi connectivity index (χ4n) is 3.47. The van der Waals surface area contributed by atoms with Crippen LogP contribution in [0.1, 0.15) is 26.7 Å². The third-order valence-electron chi connectivity index (χ3n) is 4.85. The second-order valence-electron chi connectivity index (χ2n) is 6.58. The summed E-state index contributed by atoms with van der Waals surface area (Å²) in [5, 5.41) is -1.28. The van der Waals surface area contributed by atoms with Crippen molar-refractivity contribution in [2.45, 2.75) is 11.8 Å². The fourth-order valence-corrected chi connectivity index (χ4v) is 5.39. The first-order valence-corrected chi connectivity index (χ1v) is 10.4. The maximum atomic E-state index is 13.5. The summed E-state index contributed by atoms with van der Waals surface area (Å²) in [6.45, 7) is 0.152. The number of ketones is 1. The molecule has 4 rings (SSSR count). The molecule has 0 bridgehead atoms. The summed E-state index contributed by atoms with van der Waals surface area (Å²) in [6.07, 6.45) is 0. The first kappa shape index (κ1) is 18.3. The molecule has 0 fully saturated rings. The van der Waals surface area contributed by atoms with Crippen molar-refractivity contribution < 1.29 is 17.9 Å². The van der Waals surface area contributed by atoms with Crippen LogP contribution in [0.3, 0.4) is 0 Å². The average molecular weight is 393 g/mol. The molecular formula is C22H19NO4S. The van der Waals surface area contributed by atoms with Gasteiger partial charge in [0, 0.05) is 5.56 Å². The molecule has 0 aliphatic carbocycles. The molecule has 0 amide bonds. The Morgan fingerprint density at radius 2 is 1.57 bits per heavy atom. The number of sulfonamides is 1. The van der Waals surface area contributed by atoms with Gasteiger partial charge in [0.15, 0.2) is 11.0 Å². The van der Waals surface area contributed by atoms with E-state index in [1.54, 1.807) is 48.5 Å². The highest BCUT2D eigenvalue weighted by Crippen LogP contribution is 2.42. The lowest BCUT2D eigenvalue weighted by molar-refractivity contribution is 0.0985. The molecule has 1 unspecified atom stereocenters. The van der Waals surface area contributed by atoms with E-state index in [0.29, 0.717) is 22.6 Å². The van der Waals surface area contributed by atoms with Gasteiger partial charge in [0.25, 0.3) is 0 Å². The molecule has 0 saturated heterocycles. The van der Waals surface area contributed by atoms with Crippen molar-refractivity contribution in [3.63, 3.8) is 0 Å². The van der Waals surface area contributed by atoms with E-state index in [9.17, 15) is 13.2 Å². The Kier molecular flexibility index (Phi) is 4.65. The van der Waals surface area contributed by atoms with Crippen LogP contribution in [0.25, 0.3) is 0 Å². The SMILES string of the molecule is COc1ccc2c(c1)C(=O)C(c1ccccc1)S(=O)(=O)N2Cc1ccccc1. The molecule has 0 saturated carbocycles. The summed E-state index contributed by atoms with van der Waals surface area (Å²) in [7, 11) is -2.44. The Morgan fingerprint density at radius 1 is 0.929 bits per heavy atom. The van der Waals surface area contributed by atoms with E-state index in [1.165, 1.54) is 11.4 Å². The second kappa shape index (κ2) is 7.13. The van der Waals surface area contributed by atoms with Gasteiger partial charge in [0.1, 0.15) is 5.75 Å². The summed E-state index contributed by atoms with van der Waals surface area (Å²) >= 11 is 0. The van der Waals surface area contributed by atoms with Gasteiger partial charge in [-0.3, -0.25) is 9.10 Å². The molecule has 1 heterocycles. The van der Waals surface area contributed by atoms with Gasteiger partial charge >= 0.3 is 0 Å². The minimum Gasteiger partial charge on any atom is -0.497 e. The van der Waals surface area contributed by atoms with Gasteiger partial charge in [-0.1, -0.05) is 60.7 Å². The summed E-state index contributed by atoms with van der Waals surface area (Å²) in [4.78, 5) is 13.2. The number of fused-ring (bicyclic) bond motifs is 1. The molecule has 0 spiro atoms. The second-order valence-corrected chi connectivity index (χ2v) is 8.52. The minimum atomic E-state index is -3.95. The highest BCUT2D eigenvalue weighted by Gasteiger charge is 2.45. The zero-order valence-electron chi connectivity index (χ0n) is 15.3. The zero-order chi connectivity index (χ0) is 19.7. The van der Waals surface area contributed by atoms with Gasteiger partial charge < -0.3 is 4.74 Å². The van der Waals surface area contributed by atoms with E-state index in [4.69, 9.17) is 4.74 Å². The van der Waals surface area contributed by atoms with Crippen molar-refractivity contribution in [1.82, 2.24) is 0 Å². The third kappa shape index (κ3) is 3.05. The largest absolute Gasteiger partial charge is 0.497 e. The molecule has 1 aliphatic rings. The van der Waals surface area contributed by atoms with E-state index in [1.807, 2.05) is 30.3 Å². The van der Waals surface area contributed by atoms with Crippen LogP contribution in [-0.4, -0.2) is 21.3 Å². The average Bonchev–Trinajstić information content (AvgIpc) is 2.72. The van der Waals surface area contributed by atoms with Gasteiger partial charge in [-0.2, -0.15) is 0 Å². The Labute approximate surface area is 164 Å². The molecule has 1 aliphatic heterocycles. The highest BCUT2D eigenvalue weighted by molar-refractivity contribution is 7.93. The van der Waals surface area contributed by atoms with Crippen LogP contribution in [0.4, 0.5) is 5.69 Å². The number of anilines is 1. The zero-order valence-corrected chi connectivity index (χ0v) is 16.1. The fraction of sp³-hybridized carbons (Fsp3) is 0.136. The van der Waals surface area contributed by atoms with Crippen molar-refractivity contribution in [2.75, 3.05) is 11.4 Å². The Bertz CT molecular complexity index is 1110. The molecule has 0 radical (unpaired) electrons. The third-order valence-corrected chi connectivity index (χ3v) is 6.87. The van der Waals surface area contributed by atoms with Crippen LogP contribution in [-0.2, 0) is 16.6 Å². The van der Waals surface area contributed by atoms with Gasteiger partial charge in [-0.15, -0.1) is 0 Å². The van der Waals surface area contributed by atoms with Gasteiger partial charge in [-0.05, 0) is 29.3 Å². The molecule has 5 nitrogen and oxygen atoms in total. The highest BCUT2D eigenvalue weighted by atomic mass is 32.2. The summed E-state index contributed by atoms with van der Waals surface area (Å²) in [6, 6.07) is 22.9. The van der Waals surface area contributed by atoms with Crippen molar-refractivity contribution in [3.05, 3.63) is 95.6 Å². The smallest absolute Gasteiger partial charge is 0.250 e. The monoisotopic (exact) mass is 393 g/mol. The topological polar surface area (TPSA) is 63.7 Å². The summed E-state index contributed by atoms with van der Waals surface area (Å²) < 4.78 is 33.6. The number of carbonyl (C=O) groups is 1. The summed E-state index contributed by atoms with van der Waals surface area (Å²) in [5.41, 5.74) is 2.02. The van der Waals surface area contributed by atoms with Crippen molar-refractivity contribution >= 4 is 21.5 Å². The van der Waals surface area contributed by atoms with Crippen molar-refractivity contribution in [1.29, 1.82) is 0 Å². The molecule has 1 atom stereocenters. The quantitative estimate of drug-likeness (QED) is 0.673. The number of rotatable bonds is 4. The van der Waals surface area contributed by atoms with E-state index >= 15 is 0 Å². The van der Waals surface area contributed by atoms with Crippen LogP contribution < -0.4 is 9.04 Å². The van der Waals surface area contributed by atoms with Crippen molar-refractivity contribution in [3.8, 4) is 5.75 Å². The predicted molar refractivity (Wildman–Crippen MR) is 108 cm³/mol. The first-order chi connectivity index (χ1) is 13.5. The Hall–Kier alpha value is -3.12. The molecule has 3 aromatic rings. The Balaban J connectivity index is 1.91. The number of ether oxygens (including phenoxy) is 1. The number of carbonyl (C=O) groups excluding carboxylic acids is 1. The number of methoxy groups -OCH3 is 1.